The van der Waals surface area contributed by atoms with Crippen LogP contribution in [-0.2, 0) is 0 Å². The molecule has 0 spiro atoms. The molecule has 1 heterocycles. The fourth-order valence-electron chi connectivity index (χ4n) is 7.65. The second kappa shape index (κ2) is 11.5. The molecule has 0 fully saturated rings. The van der Waals surface area contributed by atoms with E-state index in [2.05, 4.69) is 181 Å². The molecule has 0 unspecified atom stereocenters. The minimum Gasteiger partial charge on any atom is -0.456 e. The molecule has 9 aromatic rings. The SMILES string of the molecule is c1cc(-c2ccc3c4c(cccc24)-c2ccccc2O3)cc(N(c2ccc(-c3ccc4ccccc4c3)cc2)c2cccc3ccccc23)c1. The molecule has 1 aliphatic rings. The van der Waals surface area contributed by atoms with Gasteiger partial charge in [0.1, 0.15) is 11.5 Å². The van der Waals surface area contributed by atoms with E-state index in [4.69, 9.17) is 4.74 Å². The zero-order valence-corrected chi connectivity index (χ0v) is 27.3. The number of para-hydroxylation sites is 1. The number of anilines is 3. The maximum atomic E-state index is 6.41. The summed E-state index contributed by atoms with van der Waals surface area (Å²) in [6, 6.07) is 67.6. The number of hydrogen-bond acceptors (Lipinski definition) is 2. The average molecular weight is 638 g/mol. The highest BCUT2D eigenvalue weighted by atomic mass is 16.5. The molecule has 9 aromatic carbocycles. The number of ether oxygens (including phenoxy) is 1. The van der Waals surface area contributed by atoms with Crippen molar-refractivity contribution in [2.75, 3.05) is 4.90 Å². The van der Waals surface area contributed by atoms with Crippen LogP contribution >= 0.6 is 0 Å². The number of nitrogens with zero attached hydrogens (tertiary/aromatic N) is 1. The fraction of sp³-hybridized carbons (Fsp3) is 0. The number of rotatable bonds is 5. The van der Waals surface area contributed by atoms with Crippen molar-refractivity contribution in [3.8, 4) is 44.9 Å². The Bertz CT molecular complexity index is 2740. The first kappa shape index (κ1) is 28.4. The van der Waals surface area contributed by atoms with Crippen molar-refractivity contribution in [2.24, 2.45) is 0 Å². The second-order valence-electron chi connectivity index (χ2n) is 12.9. The third-order valence-corrected chi connectivity index (χ3v) is 10.0. The van der Waals surface area contributed by atoms with E-state index in [0.717, 1.165) is 45.1 Å². The molecule has 2 heteroatoms. The van der Waals surface area contributed by atoms with E-state index in [1.54, 1.807) is 0 Å². The quantitative estimate of drug-likeness (QED) is 0.186. The zero-order chi connectivity index (χ0) is 33.0. The largest absolute Gasteiger partial charge is 0.456 e. The summed E-state index contributed by atoms with van der Waals surface area (Å²) in [4.78, 5) is 2.39. The standard InChI is InChI=1S/C48H31NO/c1-2-12-35-30-36(23-22-32(35)10-1)33-24-26-38(27-25-33)49(45-20-8-13-34-11-3-4-16-41(34)45)39-15-7-14-37(31-39)40-28-29-47-48-43(40)18-9-19-44(48)42-17-5-6-21-46(42)50-47/h1-31H. The Labute approximate surface area is 291 Å². The fourth-order valence-corrected chi connectivity index (χ4v) is 7.65. The first-order valence-corrected chi connectivity index (χ1v) is 17.1. The maximum Gasteiger partial charge on any atom is 0.135 e. The van der Waals surface area contributed by atoms with Crippen molar-refractivity contribution in [1.82, 2.24) is 0 Å². The van der Waals surface area contributed by atoms with Crippen LogP contribution in [0.1, 0.15) is 0 Å². The third kappa shape index (κ3) is 4.65. The first-order valence-electron chi connectivity index (χ1n) is 17.1. The molecule has 0 aliphatic carbocycles. The van der Waals surface area contributed by atoms with Crippen LogP contribution in [0.2, 0.25) is 0 Å². The van der Waals surface area contributed by atoms with Crippen LogP contribution in [0, 0.1) is 0 Å². The van der Waals surface area contributed by atoms with E-state index in [0.29, 0.717) is 0 Å². The van der Waals surface area contributed by atoms with Gasteiger partial charge in [0.25, 0.3) is 0 Å². The Morgan fingerprint density at radius 1 is 0.340 bits per heavy atom. The summed E-state index contributed by atoms with van der Waals surface area (Å²) in [6.45, 7) is 0. The monoisotopic (exact) mass is 637 g/mol. The Morgan fingerprint density at radius 3 is 1.96 bits per heavy atom. The van der Waals surface area contributed by atoms with Crippen molar-refractivity contribution in [3.05, 3.63) is 188 Å². The third-order valence-electron chi connectivity index (χ3n) is 10.0. The van der Waals surface area contributed by atoms with Crippen LogP contribution in [0.15, 0.2) is 188 Å². The predicted molar refractivity (Wildman–Crippen MR) is 210 cm³/mol. The van der Waals surface area contributed by atoms with E-state index < -0.39 is 0 Å². The predicted octanol–water partition coefficient (Wildman–Crippen LogP) is 13.7. The summed E-state index contributed by atoms with van der Waals surface area (Å²) in [6.07, 6.45) is 0. The molecule has 50 heavy (non-hydrogen) atoms. The summed E-state index contributed by atoms with van der Waals surface area (Å²) < 4.78 is 6.41. The Morgan fingerprint density at radius 2 is 1.04 bits per heavy atom. The van der Waals surface area contributed by atoms with Crippen LogP contribution in [0.4, 0.5) is 17.1 Å². The summed E-state index contributed by atoms with van der Waals surface area (Å²) in [5.41, 5.74) is 10.4. The van der Waals surface area contributed by atoms with E-state index in [1.807, 2.05) is 12.1 Å². The topological polar surface area (TPSA) is 12.5 Å². The number of hydrogen-bond donors (Lipinski definition) is 0. The lowest BCUT2D eigenvalue weighted by molar-refractivity contribution is 0.487. The van der Waals surface area contributed by atoms with Crippen LogP contribution in [-0.4, -0.2) is 0 Å². The molecule has 10 rings (SSSR count). The number of fused-ring (bicyclic) bond motifs is 4. The lowest BCUT2D eigenvalue weighted by Gasteiger charge is -2.28. The van der Waals surface area contributed by atoms with Gasteiger partial charge >= 0.3 is 0 Å². The molecule has 0 saturated carbocycles. The van der Waals surface area contributed by atoms with Crippen molar-refractivity contribution in [3.63, 3.8) is 0 Å². The van der Waals surface area contributed by atoms with Gasteiger partial charge in [-0.3, -0.25) is 0 Å². The highest BCUT2D eigenvalue weighted by Gasteiger charge is 2.22. The molecule has 2 nitrogen and oxygen atoms in total. The van der Waals surface area contributed by atoms with Crippen molar-refractivity contribution >= 4 is 49.4 Å². The highest BCUT2D eigenvalue weighted by Crippen LogP contribution is 2.49. The lowest BCUT2D eigenvalue weighted by Crippen LogP contribution is -2.10. The summed E-state index contributed by atoms with van der Waals surface area (Å²) in [5, 5.41) is 7.26. The Hall–Kier alpha value is -6.64. The van der Waals surface area contributed by atoms with Crippen LogP contribution < -0.4 is 9.64 Å². The summed E-state index contributed by atoms with van der Waals surface area (Å²) in [7, 11) is 0. The Balaban J connectivity index is 1.12. The molecule has 1 aliphatic heterocycles. The van der Waals surface area contributed by atoms with Gasteiger partial charge in [-0.2, -0.15) is 0 Å². The molecular formula is C48H31NO. The average Bonchev–Trinajstić information content (AvgIpc) is 3.18. The van der Waals surface area contributed by atoms with Gasteiger partial charge in [0.2, 0.25) is 0 Å². The molecule has 0 bridgehead atoms. The van der Waals surface area contributed by atoms with Gasteiger partial charge in [0.05, 0.1) is 5.69 Å². The van der Waals surface area contributed by atoms with E-state index in [-0.39, 0.29) is 0 Å². The normalized spacial score (nSPS) is 11.8. The molecule has 0 saturated heterocycles. The van der Waals surface area contributed by atoms with Gasteiger partial charge in [0, 0.05) is 27.7 Å². The molecule has 234 valence electrons. The Kier molecular flexibility index (Phi) is 6.53. The van der Waals surface area contributed by atoms with Gasteiger partial charge in [-0.05, 0) is 97.9 Å². The van der Waals surface area contributed by atoms with Gasteiger partial charge in [-0.1, -0.05) is 140 Å². The van der Waals surface area contributed by atoms with E-state index >= 15 is 0 Å². The van der Waals surface area contributed by atoms with E-state index in [9.17, 15) is 0 Å². The maximum absolute atomic E-state index is 6.41. The highest BCUT2D eigenvalue weighted by molar-refractivity contribution is 6.10. The van der Waals surface area contributed by atoms with Crippen LogP contribution in [0.25, 0.3) is 65.7 Å². The molecular weight excluding hydrogens is 607 g/mol. The lowest BCUT2D eigenvalue weighted by atomic mass is 9.90. The van der Waals surface area contributed by atoms with Crippen molar-refractivity contribution in [2.45, 2.75) is 0 Å². The first-order chi connectivity index (χ1) is 24.8. The summed E-state index contributed by atoms with van der Waals surface area (Å²) >= 11 is 0. The summed E-state index contributed by atoms with van der Waals surface area (Å²) in [5.74, 6) is 1.80. The van der Waals surface area contributed by atoms with Gasteiger partial charge < -0.3 is 9.64 Å². The molecule has 0 atom stereocenters. The number of benzene rings is 9. The molecule has 0 radical (unpaired) electrons. The zero-order valence-electron chi connectivity index (χ0n) is 27.3. The van der Waals surface area contributed by atoms with E-state index in [1.165, 1.54) is 49.2 Å². The van der Waals surface area contributed by atoms with Crippen LogP contribution in [0.5, 0.6) is 11.5 Å². The molecule has 0 N–H and O–H groups in total. The molecule has 0 amide bonds. The van der Waals surface area contributed by atoms with Gasteiger partial charge in [-0.15, -0.1) is 0 Å². The van der Waals surface area contributed by atoms with Crippen LogP contribution in [0.3, 0.4) is 0 Å². The minimum atomic E-state index is 0.901. The smallest absolute Gasteiger partial charge is 0.135 e. The van der Waals surface area contributed by atoms with Gasteiger partial charge in [-0.25, -0.2) is 0 Å². The minimum absolute atomic E-state index is 0.901. The second-order valence-corrected chi connectivity index (χ2v) is 12.9. The van der Waals surface area contributed by atoms with Gasteiger partial charge in [0.15, 0.2) is 0 Å². The van der Waals surface area contributed by atoms with Crippen molar-refractivity contribution in [1.29, 1.82) is 0 Å². The molecule has 0 aromatic heterocycles. The van der Waals surface area contributed by atoms with Crippen molar-refractivity contribution < 1.29 is 4.74 Å².